The topological polar surface area (TPSA) is 57.9 Å². The maximum absolute atomic E-state index is 12.4. The van der Waals surface area contributed by atoms with Gasteiger partial charge in [0.25, 0.3) is 0 Å². The lowest BCUT2D eigenvalue weighted by Gasteiger charge is -2.13. The van der Waals surface area contributed by atoms with Gasteiger partial charge in [0.2, 0.25) is 0 Å². The second kappa shape index (κ2) is 6.15. The van der Waals surface area contributed by atoms with Gasteiger partial charge in [0.1, 0.15) is 11.6 Å². The smallest absolute Gasteiger partial charge is 0.387 e. The number of benzene rings is 1. The third-order valence-corrected chi connectivity index (χ3v) is 2.75. The molecule has 0 amide bonds. The number of nitrogens with zero attached hydrogens (tertiary/aromatic N) is 2. The number of nitriles is 1. The third-order valence-electron chi connectivity index (χ3n) is 2.75. The van der Waals surface area contributed by atoms with Crippen molar-refractivity contribution in [2.45, 2.75) is 20.0 Å². The number of hydrogen-bond acceptors (Lipinski definition) is 4. The van der Waals surface area contributed by atoms with Crippen molar-refractivity contribution < 1.29 is 13.5 Å². The number of pyridine rings is 1. The lowest BCUT2D eigenvalue weighted by atomic mass is 10.1. The van der Waals surface area contributed by atoms with Crippen LogP contribution in [0.25, 0.3) is 10.9 Å². The van der Waals surface area contributed by atoms with E-state index < -0.39 is 6.61 Å². The normalized spacial score (nSPS) is 10.6. The molecule has 2 rings (SSSR count). The van der Waals surface area contributed by atoms with Crippen LogP contribution in [-0.4, -0.2) is 18.1 Å². The van der Waals surface area contributed by atoms with E-state index in [9.17, 15) is 8.78 Å². The number of rotatable bonds is 5. The van der Waals surface area contributed by atoms with E-state index in [1.807, 2.05) is 13.0 Å². The summed E-state index contributed by atoms with van der Waals surface area (Å²) in [4.78, 5) is 4.05. The number of halogens is 2. The number of fused-ring (bicyclic) bond motifs is 1. The van der Waals surface area contributed by atoms with Crippen molar-refractivity contribution in [3.05, 3.63) is 30.0 Å². The third kappa shape index (κ3) is 2.77. The van der Waals surface area contributed by atoms with E-state index in [0.29, 0.717) is 28.7 Å². The molecule has 4 nitrogen and oxygen atoms in total. The Kier molecular flexibility index (Phi) is 4.31. The van der Waals surface area contributed by atoms with Crippen LogP contribution in [0, 0.1) is 11.3 Å². The first-order valence-electron chi connectivity index (χ1n) is 6.18. The fraction of sp³-hybridized carbons (Fsp3) is 0.286. The van der Waals surface area contributed by atoms with Crippen molar-refractivity contribution in [1.82, 2.24) is 4.98 Å². The van der Waals surface area contributed by atoms with Crippen LogP contribution in [-0.2, 0) is 0 Å². The Morgan fingerprint density at radius 3 is 2.90 bits per heavy atom. The number of aromatic nitrogens is 1. The summed E-state index contributed by atoms with van der Waals surface area (Å²) in [5.74, 6) is 0.00142. The molecule has 2 aromatic rings. The molecule has 0 saturated carbocycles. The number of ether oxygens (including phenoxy) is 1. The standard InChI is InChI=1S/C14H13F2N3O/c1-2-6-18-12-9(7-17)8-19-13-10(12)4-3-5-11(13)20-14(15)16/h3-5,8,14H,2,6H2,1H3,(H,18,19). The van der Waals surface area contributed by atoms with E-state index >= 15 is 0 Å². The average Bonchev–Trinajstić information content (AvgIpc) is 2.44. The lowest BCUT2D eigenvalue weighted by molar-refractivity contribution is -0.0489. The van der Waals surface area contributed by atoms with Gasteiger partial charge in [0.05, 0.1) is 11.3 Å². The zero-order valence-electron chi connectivity index (χ0n) is 10.9. The molecule has 0 spiro atoms. The highest BCUT2D eigenvalue weighted by Gasteiger charge is 2.14. The van der Waals surface area contributed by atoms with Gasteiger partial charge in [-0.25, -0.2) is 0 Å². The van der Waals surface area contributed by atoms with E-state index in [0.717, 1.165) is 6.42 Å². The van der Waals surface area contributed by atoms with Crippen LogP contribution in [0.15, 0.2) is 24.4 Å². The first kappa shape index (κ1) is 14.0. The summed E-state index contributed by atoms with van der Waals surface area (Å²) in [7, 11) is 0. The maximum atomic E-state index is 12.4. The van der Waals surface area contributed by atoms with Crippen molar-refractivity contribution in [3.63, 3.8) is 0 Å². The van der Waals surface area contributed by atoms with E-state index in [4.69, 9.17) is 5.26 Å². The Bertz CT molecular complexity index is 653. The Hall–Kier alpha value is -2.42. The van der Waals surface area contributed by atoms with E-state index in [-0.39, 0.29) is 5.75 Å². The molecule has 0 bridgehead atoms. The molecule has 0 fully saturated rings. The Morgan fingerprint density at radius 2 is 2.25 bits per heavy atom. The molecule has 0 aliphatic rings. The summed E-state index contributed by atoms with van der Waals surface area (Å²) in [6.07, 6.45) is 2.24. The summed E-state index contributed by atoms with van der Waals surface area (Å²) in [5.41, 5.74) is 1.28. The average molecular weight is 277 g/mol. The van der Waals surface area contributed by atoms with Crippen LogP contribution in [0.4, 0.5) is 14.5 Å². The molecule has 0 saturated heterocycles. The van der Waals surface area contributed by atoms with Gasteiger partial charge < -0.3 is 10.1 Å². The largest absolute Gasteiger partial charge is 0.432 e. The molecule has 0 aliphatic carbocycles. The first-order valence-corrected chi connectivity index (χ1v) is 6.18. The van der Waals surface area contributed by atoms with Gasteiger partial charge in [-0.05, 0) is 12.5 Å². The Balaban J connectivity index is 2.59. The fourth-order valence-corrected chi connectivity index (χ4v) is 1.91. The van der Waals surface area contributed by atoms with Gasteiger partial charge in [-0.2, -0.15) is 14.0 Å². The van der Waals surface area contributed by atoms with Gasteiger partial charge in [-0.3, -0.25) is 4.98 Å². The second-order valence-electron chi connectivity index (χ2n) is 4.12. The zero-order valence-corrected chi connectivity index (χ0v) is 10.9. The highest BCUT2D eigenvalue weighted by atomic mass is 19.3. The predicted octanol–water partition coefficient (Wildman–Crippen LogP) is 3.53. The number of nitrogens with one attached hydrogen (secondary N) is 1. The Labute approximate surface area is 115 Å². The summed E-state index contributed by atoms with van der Waals surface area (Å²) in [6, 6.07) is 6.79. The number of anilines is 1. The van der Waals surface area contributed by atoms with Crippen LogP contribution in [0.3, 0.4) is 0 Å². The lowest BCUT2D eigenvalue weighted by Crippen LogP contribution is -2.06. The quantitative estimate of drug-likeness (QED) is 0.908. The van der Waals surface area contributed by atoms with Gasteiger partial charge in [0.15, 0.2) is 5.75 Å². The predicted molar refractivity (Wildman–Crippen MR) is 71.9 cm³/mol. The van der Waals surface area contributed by atoms with Crippen LogP contribution in [0.1, 0.15) is 18.9 Å². The summed E-state index contributed by atoms with van der Waals surface area (Å²) in [5, 5.41) is 12.8. The van der Waals surface area contributed by atoms with Gasteiger partial charge in [-0.1, -0.05) is 19.1 Å². The van der Waals surface area contributed by atoms with Gasteiger partial charge in [0, 0.05) is 18.1 Å². The van der Waals surface area contributed by atoms with Gasteiger partial charge >= 0.3 is 6.61 Å². The van der Waals surface area contributed by atoms with E-state index in [2.05, 4.69) is 15.0 Å². The van der Waals surface area contributed by atoms with Crippen LogP contribution in [0.2, 0.25) is 0 Å². The summed E-state index contributed by atoms with van der Waals surface area (Å²) >= 11 is 0. The molecule has 1 heterocycles. The minimum Gasteiger partial charge on any atom is -0.432 e. The van der Waals surface area contributed by atoms with Crippen molar-refractivity contribution in [1.29, 1.82) is 5.26 Å². The van der Waals surface area contributed by atoms with Crippen LogP contribution in [0.5, 0.6) is 5.75 Å². The molecule has 1 aromatic carbocycles. The van der Waals surface area contributed by atoms with Crippen LogP contribution >= 0.6 is 0 Å². The van der Waals surface area contributed by atoms with Crippen molar-refractivity contribution in [2.75, 3.05) is 11.9 Å². The second-order valence-corrected chi connectivity index (χ2v) is 4.12. The summed E-state index contributed by atoms with van der Waals surface area (Å²) in [6.45, 7) is -0.244. The van der Waals surface area contributed by atoms with E-state index in [1.165, 1.54) is 12.3 Å². The van der Waals surface area contributed by atoms with E-state index in [1.54, 1.807) is 12.1 Å². The number of hydrogen-bond donors (Lipinski definition) is 1. The fourth-order valence-electron chi connectivity index (χ4n) is 1.91. The zero-order chi connectivity index (χ0) is 14.5. The van der Waals surface area contributed by atoms with Gasteiger partial charge in [-0.15, -0.1) is 0 Å². The Morgan fingerprint density at radius 1 is 1.45 bits per heavy atom. The summed E-state index contributed by atoms with van der Waals surface area (Å²) < 4.78 is 29.2. The highest BCUT2D eigenvalue weighted by molar-refractivity contribution is 5.97. The van der Waals surface area contributed by atoms with Crippen molar-refractivity contribution in [3.8, 4) is 11.8 Å². The molecule has 0 atom stereocenters. The molecular weight excluding hydrogens is 264 g/mol. The van der Waals surface area contributed by atoms with Crippen molar-refractivity contribution >= 4 is 16.6 Å². The molecular formula is C14H13F2N3O. The van der Waals surface area contributed by atoms with Crippen molar-refractivity contribution in [2.24, 2.45) is 0 Å². The molecule has 6 heteroatoms. The number of alkyl halides is 2. The molecule has 1 aromatic heterocycles. The number of para-hydroxylation sites is 1. The molecule has 0 aliphatic heterocycles. The highest BCUT2D eigenvalue weighted by Crippen LogP contribution is 2.32. The molecule has 0 radical (unpaired) electrons. The molecule has 1 N–H and O–H groups in total. The minimum atomic E-state index is -2.91. The molecule has 20 heavy (non-hydrogen) atoms. The first-order chi connectivity index (χ1) is 9.67. The van der Waals surface area contributed by atoms with Crippen LogP contribution < -0.4 is 10.1 Å². The maximum Gasteiger partial charge on any atom is 0.387 e. The SMILES string of the molecule is CCCNc1c(C#N)cnc2c(OC(F)F)cccc12. The molecule has 104 valence electrons. The monoisotopic (exact) mass is 277 g/mol. The molecule has 0 unspecified atom stereocenters. The minimum absolute atomic E-state index is 0.00142.